The fourth-order valence-electron chi connectivity index (χ4n) is 2.54. The number of benzene rings is 1. The lowest BCUT2D eigenvalue weighted by atomic mass is 9.96. The molecule has 1 aliphatic rings. The van der Waals surface area contributed by atoms with Crippen molar-refractivity contribution in [3.63, 3.8) is 0 Å². The molecule has 1 amide bonds. The van der Waals surface area contributed by atoms with E-state index in [1.165, 1.54) is 4.90 Å². The summed E-state index contributed by atoms with van der Waals surface area (Å²) < 4.78 is 6.26. The van der Waals surface area contributed by atoms with Crippen LogP contribution in [0.15, 0.2) is 24.3 Å². The van der Waals surface area contributed by atoms with E-state index >= 15 is 0 Å². The van der Waals surface area contributed by atoms with Gasteiger partial charge in [-0.05, 0) is 42.6 Å². The maximum atomic E-state index is 11.7. The quantitative estimate of drug-likeness (QED) is 0.833. The summed E-state index contributed by atoms with van der Waals surface area (Å²) in [4.78, 5) is 13.2. The zero-order valence-electron chi connectivity index (χ0n) is 14.2. The van der Waals surface area contributed by atoms with Crippen LogP contribution in [0.2, 0.25) is 18.1 Å². The number of hydrogen-bond acceptors (Lipinski definition) is 2. The van der Waals surface area contributed by atoms with E-state index in [0.29, 0.717) is 6.61 Å². The lowest BCUT2D eigenvalue weighted by Crippen LogP contribution is -2.49. The molecule has 1 aromatic carbocycles. The van der Waals surface area contributed by atoms with Gasteiger partial charge in [-0.1, -0.05) is 39.0 Å². The second-order valence-corrected chi connectivity index (χ2v) is 12.4. The van der Waals surface area contributed by atoms with Crippen LogP contribution in [0.25, 0.3) is 0 Å². The maximum absolute atomic E-state index is 11.7. The summed E-state index contributed by atoms with van der Waals surface area (Å²) in [5, 5.41) is 9.76. The number of anilines is 1. The molecule has 2 rings (SSSR count). The summed E-state index contributed by atoms with van der Waals surface area (Å²) in [6, 6.07) is 7.66. The van der Waals surface area contributed by atoms with Crippen molar-refractivity contribution >= 4 is 20.1 Å². The molecule has 122 valence electrons. The van der Waals surface area contributed by atoms with Crippen molar-refractivity contribution in [1.82, 2.24) is 0 Å². The van der Waals surface area contributed by atoms with Crippen molar-refractivity contribution in [2.75, 3.05) is 11.5 Å². The van der Waals surface area contributed by atoms with E-state index in [-0.39, 0.29) is 11.1 Å². The van der Waals surface area contributed by atoms with Crippen molar-refractivity contribution < 1.29 is 14.3 Å². The zero-order valence-corrected chi connectivity index (χ0v) is 15.2. The first-order chi connectivity index (χ1) is 10.1. The third kappa shape index (κ3) is 3.36. The third-order valence-corrected chi connectivity index (χ3v) is 9.51. The van der Waals surface area contributed by atoms with Gasteiger partial charge >= 0.3 is 6.09 Å². The number of amides is 1. The highest BCUT2D eigenvalue weighted by Gasteiger charge is 2.39. The Labute approximate surface area is 134 Å². The molecule has 0 fully saturated rings. The van der Waals surface area contributed by atoms with E-state index in [4.69, 9.17) is 4.43 Å². The Kier molecular flexibility index (Phi) is 4.68. The molecule has 5 heteroatoms. The number of fused-ring (bicyclic) bond motifs is 1. The number of nitrogens with zero attached hydrogens (tertiary/aromatic N) is 1. The van der Waals surface area contributed by atoms with Crippen molar-refractivity contribution in [3.8, 4) is 0 Å². The van der Waals surface area contributed by atoms with Gasteiger partial charge in [0.05, 0.1) is 18.3 Å². The van der Waals surface area contributed by atoms with Crippen LogP contribution >= 0.6 is 0 Å². The van der Waals surface area contributed by atoms with Crippen molar-refractivity contribution in [3.05, 3.63) is 29.8 Å². The molecule has 0 aromatic heterocycles. The Morgan fingerprint density at radius 3 is 2.59 bits per heavy atom. The van der Waals surface area contributed by atoms with Crippen LogP contribution in [0, 0.1) is 0 Å². The van der Waals surface area contributed by atoms with Gasteiger partial charge in [0.25, 0.3) is 0 Å². The summed E-state index contributed by atoms with van der Waals surface area (Å²) in [7, 11) is -1.86. The molecule has 0 bridgehead atoms. The van der Waals surface area contributed by atoms with Crippen molar-refractivity contribution in [2.24, 2.45) is 0 Å². The average molecular weight is 321 g/mol. The molecular formula is C17H27NO3Si. The molecule has 22 heavy (non-hydrogen) atoms. The standard InChI is InChI=1S/C17H27NO3Si/c1-17(2,3)22(4,5)21-12-14-11-10-13-8-6-7-9-15(13)18(14)16(19)20/h6-9,14H,10-12H2,1-5H3,(H,19,20). The van der Waals surface area contributed by atoms with Crippen LogP contribution < -0.4 is 4.90 Å². The lowest BCUT2D eigenvalue weighted by Gasteiger charge is -2.40. The summed E-state index contributed by atoms with van der Waals surface area (Å²) in [6.45, 7) is 11.5. The summed E-state index contributed by atoms with van der Waals surface area (Å²) in [6.07, 6.45) is 0.833. The summed E-state index contributed by atoms with van der Waals surface area (Å²) >= 11 is 0. The van der Waals surface area contributed by atoms with Crippen LogP contribution in [-0.4, -0.2) is 32.2 Å². The number of hydrogen-bond donors (Lipinski definition) is 1. The molecule has 1 N–H and O–H groups in total. The normalized spacial score (nSPS) is 19.0. The summed E-state index contributed by atoms with van der Waals surface area (Å²) in [5.74, 6) is 0. The molecule has 1 aromatic rings. The monoisotopic (exact) mass is 321 g/mol. The molecule has 0 saturated carbocycles. The highest BCUT2D eigenvalue weighted by Crippen LogP contribution is 2.38. The van der Waals surface area contributed by atoms with E-state index in [0.717, 1.165) is 24.1 Å². The Morgan fingerprint density at radius 2 is 2.00 bits per heavy atom. The topological polar surface area (TPSA) is 49.8 Å². The van der Waals surface area contributed by atoms with Gasteiger partial charge in [-0.25, -0.2) is 4.79 Å². The number of carboxylic acid groups (broad SMARTS) is 1. The van der Waals surface area contributed by atoms with Crippen LogP contribution in [-0.2, 0) is 10.8 Å². The van der Waals surface area contributed by atoms with Gasteiger partial charge < -0.3 is 9.53 Å². The molecule has 1 aliphatic heterocycles. The Balaban J connectivity index is 2.17. The number of para-hydroxylation sites is 1. The molecule has 4 nitrogen and oxygen atoms in total. The first-order valence-electron chi connectivity index (χ1n) is 7.87. The Bertz CT molecular complexity index is 551. The van der Waals surface area contributed by atoms with Crippen LogP contribution in [0.4, 0.5) is 10.5 Å². The SMILES string of the molecule is CC(C)(C)[Si](C)(C)OCC1CCc2ccccc2N1C(=O)O. The second kappa shape index (κ2) is 6.05. The molecule has 1 atom stereocenters. The van der Waals surface area contributed by atoms with E-state index in [1.807, 2.05) is 24.3 Å². The Hall–Kier alpha value is -1.33. The van der Waals surface area contributed by atoms with Gasteiger partial charge in [-0.15, -0.1) is 0 Å². The zero-order chi connectivity index (χ0) is 16.5. The number of carbonyl (C=O) groups is 1. The Morgan fingerprint density at radius 1 is 1.36 bits per heavy atom. The second-order valence-electron chi connectivity index (χ2n) is 7.55. The van der Waals surface area contributed by atoms with Crippen LogP contribution in [0.1, 0.15) is 32.8 Å². The minimum Gasteiger partial charge on any atom is -0.465 e. The van der Waals surface area contributed by atoms with E-state index < -0.39 is 14.4 Å². The number of rotatable bonds is 3. The van der Waals surface area contributed by atoms with Crippen molar-refractivity contribution in [2.45, 2.75) is 57.8 Å². The average Bonchev–Trinajstić information content (AvgIpc) is 2.42. The first-order valence-corrected chi connectivity index (χ1v) is 10.8. The molecule has 0 aliphatic carbocycles. The first kappa shape index (κ1) is 17.0. The highest BCUT2D eigenvalue weighted by atomic mass is 28.4. The predicted molar refractivity (Wildman–Crippen MR) is 92.2 cm³/mol. The number of aryl methyl sites for hydroxylation is 1. The molecular weight excluding hydrogens is 294 g/mol. The summed E-state index contributed by atoms with van der Waals surface area (Å²) in [5.41, 5.74) is 1.92. The van der Waals surface area contributed by atoms with E-state index in [9.17, 15) is 9.90 Å². The fraction of sp³-hybridized carbons (Fsp3) is 0.588. The van der Waals surface area contributed by atoms with Gasteiger partial charge in [0, 0.05) is 0 Å². The molecule has 0 spiro atoms. The fourth-order valence-corrected chi connectivity index (χ4v) is 3.59. The minimum atomic E-state index is -1.86. The van der Waals surface area contributed by atoms with Gasteiger partial charge in [0.15, 0.2) is 8.32 Å². The van der Waals surface area contributed by atoms with E-state index in [1.54, 1.807) is 0 Å². The molecule has 1 heterocycles. The highest BCUT2D eigenvalue weighted by molar-refractivity contribution is 6.74. The van der Waals surface area contributed by atoms with Gasteiger partial charge in [-0.2, -0.15) is 0 Å². The minimum absolute atomic E-state index is 0.0958. The molecule has 0 radical (unpaired) electrons. The van der Waals surface area contributed by atoms with Gasteiger partial charge in [0.1, 0.15) is 0 Å². The van der Waals surface area contributed by atoms with Crippen LogP contribution in [0.3, 0.4) is 0 Å². The van der Waals surface area contributed by atoms with Gasteiger partial charge in [0.2, 0.25) is 0 Å². The molecule has 0 saturated heterocycles. The lowest BCUT2D eigenvalue weighted by molar-refractivity contribution is 0.188. The smallest absolute Gasteiger partial charge is 0.412 e. The maximum Gasteiger partial charge on any atom is 0.412 e. The van der Waals surface area contributed by atoms with Crippen LogP contribution in [0.5, 0.6) is 0 Å². The third-order valence-electron chi connectivity index (χ3n) is 5.01. The van der Waals surface area contributed by atoms with E-state index in [2.05, 4.69) is 33.9 Å². The van der Waals surface area contributed by atoms with Crippen molar-refractivity contribution in [1.29, 1.82) is 0 Å². The largest absolute Gasteiger partial charge is 0.465 e. The molecule has 1 unspecified atom stereocenters. The van der Waals surface area contributed by atoms with Gasteiger partial charge in [-0.3, -0.25) is 4.90 Å². The predicted octanol–water partition coefficient (Wildman–Crippen LogP) is 4.51.